The monoisotopic (exact) mass is 201 g/mol. The van der Waals surface area contributed by atoms with E-state index < -0.39 is 29.1 Å². The fraction of sp³-hybridized carbons (Fsp3) is 0.250. The summed E-state index contributed by atoms with van der Waals surface area (Å²) in [6.07, 6.45) is -1.30. The van der Waals surface area contributed by atoms with Gasteiger partial charge < -0.3 is 31.3 Å². The first-order valence-electron chi connectivity index (χ1n) is 3.84. The Morgan fingerprint density at radius 2 is 1.64 bits per heavy atom. The lowest BCUT2D eigenvalue weighted by molar-refractivity contribution is 0.177. The molecule has 14 heavy (non-hydrogen) atoms. The van der Waals surface area contributed by atoms with Crippen LogP contribution in [0.5, 0.6) is 23.0 Å². The fourth-order valence-electron chi connectivity index (χ4n) is 1.09. The first kappa shape index (κ1) is 10.4. The lowest BCUT2D eigenvalue weighted by atomic mass is 10.1. The second-order valence-electron chi connectivity index (χ2n) is 2.78. The van der Waals surface area contributed by atoms with Crippen LogP contribution >= 0.6 is 0 Å². The third-order valence-electron chi connectivity index (χ3n) is 1.83. The number of hydrogen-bond acceptors (Lipinski definition) is 6. The summed E-state index contributed by atoms with van der Waals surface area (Å²) >= 11 is 0. The third kappa shape index (κ3) is 1.52. The van der Waals surface area contributed by atoms with Crippen molar-refractivity contribution in [3.8, 4) is 23.0 Å². The summed E-state index contributed by atoms with van der Waals surface area (Å²) in [5, 5.41) is 45.9. The highest BCUT2D eigenvalue weighted by molar-refractivity contribution is 5.59. The minimum Gasteiger partial charge on any atom is -0.507 e. The minimum atomic E-state index is -1.30. The molecule has 1 aromatic rings. The highest BCUT2D eigenvalue weighted by Gasteiger charge is 2.21. The van der Waals surface area contributed by atoms with Crippen molar-refractivity contribution in [2.75, 3.05) is 6.54 Å². The smallest absolute Gasteiger partial charge is 0.200 e. The molecule has 6 heteroatoms. The molecule has 6 nitrogen and oxygen atoms in total. The van der Waals surface area contributed by atoms with Crippen molar-refractivity contribution in [2.45, 2.75) is 6.10 Å². The molecule has 1 atom stereocenters. The molecular weight excluding hydrogens is 190 g/mol. The van der Waals surface area contributed by atoms with Crippen molar-refractivity contribution in [3.05, 3.63) is 11.6 Å². The summed E-state index contributed by atoms with van der Waals surface area (Å²) in [5.74, 6) is -2.78. The summed E-state index contributed by atoms with van der Waals surface area (Å²) in [5.41, 5.74) is 4.81. The predicted octanol–water partition coefficient (Wildman–Crippen LogP) is -0.499. The Kier molecular flexibility index (Phi) is 2.68. The first-order chi connectivity index (χ1) is 6.49. The van der Waals surface area contributed by atoms with Crippen molar-refractivity contribution in [1.82, 2.24) is 0 Å². The van der Waals surface area contributed by atoms with Crippen molar-refractivity contribution in [2.24, 2.45) is 5.73 Å². The van der Waals surface area contributed by atoms with Crippen LogP contribution in [0.1, 0.15) is 11.7 Å². The zero-order valence-corrected chi connectivity index (χ0v) is 7.18. The third-order valence-corrected chi connectivity index (χ3v) is 1.83. The van der Waals surface area contributed by atoms with Crippen LogP contribution in [-0.2, 0) is 0 Å². The molecule has 0 spiro atoms. The quantitative estimate of drug-likeness (QED) is 0.283. The molecule has 0 radical (unpaired) electrons. The zero-order valence-electron chi connectivity index (χ0n) is 7.18. The van der Waals surface area contributed by atoms with E-state index in [9.17, 15) is 15.3 Å². The number of aliphatic hydroxyl groups excluding tert-OH is 1. The molecule has 0 bridgehead atoms. The second-order valence-corrected chi connectivity index (χ2v) is 2.78. The largest absolute Gasteiger partial charge is 0.507 e. The Bertz CT molecular complexity index is 352. The lowest BCUT2D eigenvalue weighted by Gasteiger charge is -2.13. The standard InChI is InChI=1S/C8H11NO5/c9-2-5(12)6-3(10)1-4(11)7(13)8(6)14/h1,5,10-14H,2,9H2. The number of phenols is 4. The van der Waals surface area contributed by atoms with E-state index >= 15 is 0 Å². The molecular formula is C8H11NO5. The van der Waals surface area contributed by atoms with Gasteiger partial charge in [0.05, 0.1) is 11.7 Å². The number of nitrogens with two attached hydrogens (primary N) is 1. The maximum atomic E-state index is 9.28. The van der Waals surface area contributed by atoms with Gasteiger partial charge in [-0.1, -0.05) is 0 Å². The molecule has 0 fully saturated rings. The van der Waals surface area contributed by atoms with E-state index in [2.05, 4.69) is 0 Å². The van der Waals surface area contributed by atoms with Gasteiger partial charge in [0.1, 0.15) is 5.75 Å². The maximum absolute atomic E-state index is 9.28. The van der Waals surface area contributed by atoms with Crippen LogP contribution < -0.4 is 5.73 Å². The molecule has 0 saturated heterocycles. The van der Waals surface area contributed by atoms with E-state index in [0.29, 0.717) is 0 Å². The molecule has 0 heterocycles. The Morgan fingerprint density at radius 3 is 2.14 bits per heavy atom. The van der Waals surface area contributed by atoms with Crippen molar-refractivity contribution >= 4 is 0 Å². The molecule has 0 saturated carbocycles. The van der Waals surface area contributed by atoms with E-state index in [1.54, 1.807) is 0 Å². The number of hydrogen-bond donors (Lipinski definition) is 6. The molecule has 1 aromatic carbocycles. The van der Waals surface area contributed by atoms with Gasteiger partial charge in [-0.3, -0.25) is 0 Å². The number of aromatic hydroxyl groups is 4. The van der Waals surface area contributed by atoms with E-state index in [1.807, 2.05) is 0 Å². The second kappa shape index (κ2) is 3.60. The van der Waals surface area contributed by atoms with Gasteiger partial charge in [-0.2, -0.15) is 0 Å². The molecule has 0 amide bonds. The molecule has 7 N–H and O–H groups in total. The van der Waals surface area contributed by atoms with Crippen LogP contribution in [0.3, 0.4) is 0 Å². The Morgan fingerprint density at radius 1 is 1.07 bits per heavy atom. The van der Waals surface area contributed by atoms with Gasteiger partial charge in [0.15, 0.2) is 11.5 Å². The Balaban J connectivity index is 3.36. The highest BCUT2D eigenvalue weighted by atomic mass is 16.3. The highest BCUT2D eigenvalue weighted by Crippen LogP contribution is 2.44. The normalized spacial score (nSPS) is 12.7. The van der Waals surface area contributed by atoms with E-state index in [1.165, 1.54) is 0 Å². The van der Waals surface area contributed by atoms with E-state index in [-0.39, 0.29) is 12.1 Å². The zero-order chi connectivity index (χ0) is 10.9. The molecule has 1 rings (SSSR count). The molecule has 0 aliphatic heterocycles. The van der Waals surface area contributed by atoms with Gasteiger partial charge in [-0.15, -0.1) is 0 Å². The summed E-state index contributed by atoms with van der Waals surface area (Å²) in [4.78, 5) is 0. The van der Waals surface area contributed by atoms with Gasteiger partial charge in [-0.25, -0.2) is 0 Å². The van der Waals surface area contributed by atoms with Crippen LogP contribution in [0.2, 0.25) is 0 Å². The number of benzene rings is 1. The molecule has 78 valence electrons. The van der Waals surface area contributed by atoms with Crippen LogP contribution in [0.4, 0.5) is 0 Å². The van der Waals surface area contributed by atoms with Gasteiger partial charge in [0, 0.05) is 12.6 Å². The van der Waals surface area contributed by atoms with Gasteiger partial charge in [-0.05, 0) is 0 Å². The lowest BCUT2D eigenvalue weighted by Crippen LogP contribution is -2.11. The molecule has 0 aliphatic rings. The average Bonchev–Trinajstić information content (AvgIpc) is 2.14. The van der Waals surface area contributed by atoms with Crippen LogP contribution in [-0.4, -0.2) is 32.1 Å². The Labute approximate surface area is 79.5 Å². The molecule has 0 aromatic heterocycles. The van der Waals surface area contributed by atoms with Gasteiger partial charge in [0.25, 0.3) is 0 Å². The van der Waals surface area contributed by atoms with Gasteiger partial charge in [0.2, 0.25) is 5.75 Å². The number of phenolic OH excluding ortho intramolecular Hbond substituents is 4. The van der Waals surface area contributed by atoms with Crippen molar-refractivity contribution in [1.29, 1.82) is 0 Å². The van der Waals surface area contributed by atoms with Crippen LogP contribution in [0, 0.1) is 0 Å². The maximum Gasteiger partial charge on any atom is 0.200 e. The van der Waals surface area contributed by atoms with Crippen molar-refractivity contribution < 1.29 is 25.5 Å². The van der Waals surface area contributed by atoms with Crippen molar-refractivity contribution in [3.63, 3.8) is 0 Å². The fourth-order valence-corrected chi connectivity index (χ4v) is 1.09. The van der Waals surface area contributed by atoms with E-state index in [0.717, 1.165) is 6.07 Å². The topological polar surface area (TPSA) is 127 Å². The Hall–Kier alpha value is -1.66. The summed E-state index contributed by atoms with van der Waals surface area (Å²) in [6.45, 7) is -0.231. The molecule has 1 unspecified atom stereocenters. The van der Waals surface area contributed by atoms with Crippen LogP contribution in [0.25, 0.3) is 0 Å². The van der Waals surface area contributed by atoms with Gasteiger partial charge >= 0.3 is 0 Å². The first-order valence-corrected chi connectivity index (χ1v) is 3.84. The number of aliphatic hydroxyl groups is 1. The van der Waals surface area contributed by atoms with E-state index in [4.69, 9.17) is 15.9 Å². The minimum absolute atomic E-state index is 0.231. The number of rotatable bonds is 2. The molecule has 0 aliphatic carbocycles. The average molecular weight is 201 g/mol. The summed E-state index contributed by atoms with van der Waals surface area (Å²) < 4.78 is 0. The summed E-state index contributed by atoms with van der Waals surface area (Å²) in [7, 11) is 0. The summed E-state index contributed by atoms with van der Waals surface area (Å²) in [6, 6.07) is 0.809. The van der Waals surface area contributed by atoms with Crippen LogP contribution in [0.15, 0.2) is 6.07 Å². The SMILES string of the molecule is NCC(O)c1c(O)cc(O)c(O)c1O. The predicted molar refractivity (Wildman–Crippen MR) is 47.1 cm³/mol.